The lowest BCUT2D eigenvalue weighted by Crippen LogP contribution is -2.35. The molecule has 0 fully saturated rings. The van der Waals surface area contributed by atoms with Crippen LogP contribution in [0.15, 0.2) is 88.4 Å². The van der Waals surface area contributed by atoms with Gasteiger partial charge in [-0.05, 0) is 61.6 Å². The number of ether oxygens (including phenoxy) is 1. The third kappa shape index (κ3) is 4.36. The highest BCUT2D eigenvalue weighted by molar-refractivity contribution is 9.10. The maximum absolute atomic E-state index is 12.6. The lowest BCUT2D eigenvalue weighted by molar-refractivity contribution is -0.128. The molecule has 30 heavy (non-hydrogen) atoms. The zero-order chi connectivity index (χ0) is 20.9. The van der Waals surface area contributed by atoms with Crippen molar-refractivity contribution in [3.8, 4) is 5.75 Å². The summed E-state index contributed by atoms with van der Waals surface area (Å²) in [5, 5.41) is 8.56. The van der Waals surface area contributed by atoms with E-state index in [1.807, 2.05) is 79.7 Å². The van der Waals surface area contributed by atoms with Crippen molar-refractivity contribution in [2.24, 2.45) is 5.10 Å². The number of fused-ring (bicyclic) bond motifs is 2. The summed E-state index contributed by atoms with van der Waals surface area (Å²) in [4.78, 5) is 12.6. The Balaban J connectivity index is 1.45. The first-order chi connectivity index (χ1) is 14.7. The van der Waals surface area contributed by atoms with E-state index in [0.29, 0.717) is 12.2 Å². The summed E-state index contributed by atoms with van der Waals surface area (Å²) in [7, 11) is 0. The van der Waals surface area contributed by atoms with Gasteiger partial charge in [-0.2, -0.15) is 5.10 Å². The van der Waals surface area contributed by atoms with E-state index in [-0.39, 0.29) is 5.91 Å². The van der Waals surface area contributed by atoms with Crippen LogP contribution in [-0.2, 0) is 4.79 Å². The molecule has 0 bridgehead atoms. The third-order valence-corrected chi connectivity index (χ3v) is 5.74. The Bertz CT molecular complexity index is 1240. The molecule has 1 N–H and O–H groups in total. The predicted octanol–water partition coefficient (Wildman–Crippen LogP) is 6.06. The molecule has 0 radical (unpaired) electrons. The summed E-state index contributed by atoms with van der Waals surface area (Å²) in [5.74, 6) is 0.351. The van der Waals surface area contributed by atoms with Crippen molar-refractivity contribution in [2.75, 3.05) is 0 Å². The van der Waals surface area contributed by atoms with Crippen molar-refractivity contribution in [1.29, 1.82) is 0 Å². The Morgan fingerprint density at radius 3 is 2.50 bits per heavy atom. The second-order valence-electron chi connectivity index (χ2n) is 6.95. The van der Waals surface area contributed by atoms with Gasteiger partial charge in [0.1, 0.15) is 5.75 Å². The fourth-order valence-electron chi connectivity index (χ4n) is 3.31. The molecule has 150 valence electrons. The van der Waals surface area contributed by atoms with Crippen LogP contribution in [0.3, 0.4) is 0 Å². The molecule has 4 rings (SSSR count). The molecular weight excluding hydrogens is 440 g/mol. The van der Waals surface area contributed by atoms with Crippen LogP contribution in [0.25, 0.3) is 21.5 Å². The van der Waals surface area contributed by atoms with Crippen LogP contribution in [0.5, 0.6) is 5.75 Å². The fraction of sp³-hybridized carbons (Fsp3) is 0.120. The van der Waals surface area contributed by atoms with E-state index in [4.69, 9.17) is 4.74 Å². The molecule has 0 aromatic heterocycles. The molecule has 4 nitrogen and oxygen atoms in total. The maximum Gasteiger partial charge on any atom is 0.281 e. The van der Waals surface area contributed by atoms with E-state index in [2.05, 4.69) is 32.5 Å². The van der Waals surface area contributed by atoms with Gasteiger partial charge in [0, 0.05) is 0 Å². The number of hydrogen-bond acceptors (Lipinski definition) is 3. The third-order valence-electron chi connectivity index (χ3n) is 4.92. The van der Waals surface area contributed by atoms with Gasteiger partial charge in [-0.25, -0.2) is 5.43 Å². The van der Waals surface area contributed by atoms with Crippen LogP contribution >= 0.6 is 15.9 Å². The highest BCUT2D eigenvalue weighted by atomic mass is 79.9. The largest absolute Gasteiger partial charge is 0.479 e. The number of benzene rings is 4. The minimum atomic E-state index is -0.642. The topological polar surface area (TPSA) is 50.7 Å². The number of hydrazone groups is 1. The molecule has 4 aromatic carbocycles. The first kappa shape index (κ1) is 20.1. The number of nitrogens with one attached hydrogen (secondary N) is 1. The molecule has 0 saturated heterocycles. The number of nitrogens with zero attached hydrogens (tertiary/aromatic N) is 1. The van der Waals surface area contributed by atoms with Gasteiger partial charge in [0.2, 0.25) is 0 Å². The van der Waals surface area contributed by atoms with Crippen LogP contribution < -0.4 is 10.2 Å². The zero-order valence-electron chi connectivity index (χ0n) is 16.5. The number of hydrogen-bond donors (Lipinski definition) is 1. The average molecular weight is 461 g/mol. The molecule has 1 atom stereocenters. The second kappa shape index (κ2) is 9.09. The maximum atomic E-state index is 12.6. The molecule has 0 aliphatic carbocycles. The van der Waals surface area contributed by atoms with E-state index < -0.39 is 6.10 Å². The van der Waals surface area contributed by atoms with Crippen LogP contribution in [0.2, 0.25) is 0 Å². The highest BCUT2D eigenvalue weighted by Gasteiger charge is 2.19. The van der Waals surface area contributed by atoms with E-state index in [1.165, 1.54) is 5.39 Å². The predicted molar refractivity (Wildman–Crippen MR) is 126 cm³/mol. The van der Waals surface area contributed by atoms with Gasteiger partial charge in [0.15, 0.2) is 6.10 Å². The molecule has 0 saturated carbocycles. The number of carbonyl (C=O) groups excluding carboxylic acids is 1. The first-order valence-electron chi connectivity index (χ1n) is 9.81. The van der Waals surface area contributed by atoms with Crippen molar-refractivity contribution in [1.82, 2.24) is 5.43 Å². The van der Waals surface area contributed by atoms with Crippen molar-refractivity contribution in [2.45, 2.75) is 19.4 Å². The molecule has 0 aliphatic rings. The van der Waals surface area contributed by atoms with E-state index in [9.17, 15) is 4.79 Å². The minimum Gasteiger partial charge on any atom is -0.479 e. The van der Waals surface area contributed by atoms with Gasteiger partial charge >= 0.3 is 0 Å². The van der Waals surface area contributed by atoms with Gasteiger partial charge < -0.3 is 4.74 Å². The van der Waals surface area contributed by atoms with Gasteiger partial charge in [-0.1, -0.05) is 73.7 Å². The molecular formula is C25H21BrN2O2. The van der Waals surface area contributed by atoms with Crippen molar-refractivity contribution >= 4 is 49.6 Å². The van der Waals surface area contributed by atoms with Gasteiger partial charge in [-0.15, -0.1) is 0 Å². The Morgan fingerprint density at radius 1 is 1.00 bits per heavy atom. The number of rotatable bonds is 6. The quantitative estimate of drug-likeness (QED) is 0.280. The number of carbonyl (C=O) groups is 1. The fourth-order valence-corrected chi connectivity index (χ4v) is 3.90. The second-order valence-corrected chi connectivity index (χ2v) is 7.75. The van der Waals surface area contributed by atoms with Crippen LogP contribution in [-0.4, -0.2) is 18.2 Å². The number of amides is 1. The SMILES string of the molecule is CC[C@H](Oc1ccc2ccccc2c1Br)C(=O)N/N=C\c1ccc2ccccc2c1. The van der Waals surface area contributed by atoms with Crippen LogP contribution in [0.4, 0.5) is 0 Å². The molecule has 0 heterocycles. The van der Waals surface area contributed by atoms with Crippen LogP contribution in [0, 0.1) is 0 Å². The van der Waals surface area contributed by atoms with Crippen molar-refractivity contribution in [3.05, 3.63) is 88.9 Å². The lowest BCUT2D eigenvalue weighted by atomic mass is 10.1. The normalized spacial score (nSPS) is 12.3. The molecule has 0 unspecified atom stereocenters. The van der Waals surface area contributed by atoms with E-state index in [0.717, 1.165) is 26.2 Å². The Kier molecular flexibility index (Phi) is 6.10. The van der Waals surface area contributed by atoms with Gasteiger partial charge in [-0.3, -0.25) is 4.79 Å². The Labute approximate surface area is 183 Å². The Hall–Kier alpha value is -3.18. The smallest absolute Gasteiger partial charge is 0.281 e. The average Bonchev–Trinajstić information content (AvgIpc) is 2.78. The lowest BCUT2D eigenvalue weighted by Gasteiger charge is -2.17. The molecule has 0 aliphatic heterocycles. The van der Waals surface area contributed by atoms with Gasteiger partial charge in [0.25, 0.3) is 5.91 Å². The van der Waals surface area contributed by atoms with Gasteiger partial charge in [0.05, 0.1) is 10.7 Å². The summed E-state index contributed by atoms with van der Waals surface area (Å²) >= 11 is 3.61. The Morgan fingerprint density at radius 2 is 1.70 bits per heavy atom. The first-order valence-corrected chi connectivity index (χ1v) is 10.6. The van der Waals surface area contributed by atoms with Crippen molar-refractivity contribution < 1.29 is 9.53 Å². The number of halogens is 1. The van der Waals surface area contributed by atoms with E-state index in [1.54, 1.807) is 6.21 Å². The summed E-state index contributed by atoms with van der Waals surface area (Å²) in [6.07, 6.45) is 1.52. The molecule has 0 spiro atoms. The molecule has 5 heteroatoms. The van der Waals surface area contributed by atoms with Crippen molar-refractivity contribution in [3.63, 3.8) is 0 Å². The van der Waals surface area contributed by atoms with Crippen LogP contribution in [0.1, 0.15) is 18.9 Å². The highest BCUT2D eigenvalue weighted by Crippen LogP contribution is 2.33. The summed E-state index contributed by atoms with van der Waals surface area (Å²) < 4.78 is 6.83. The molecule has 4 aromatic rings. The summed E-state index contributed by atoms with van der Waals surface area (Å²) in [5.41, 5.74) is 3.51. The summed E-state index contributed by atoms with van der Waals surface area (Å²) in [6.45, 7) is 1.91. The standard InChI is InChI=1S/C25H21BrN2O2/c1-2-22(30-23-14-13-19-8-5-6-10-21(19)24(23)26)25(29)28-27-16-17-11-12-18-7-3-4-9-20(18)15-17/h3-16,22H,2H2,1H3,(H,28,29)/b27-16-/t22-/m0/s1. The monoisotopic (exact) mass is 460 g/mol. The minimum absolute atomic E-state index is 0.283. The zero-order valence-corrected chi connectivity index (χ0v) is 18.1. The summed E-state index contributed by atoms with van der Waals surface area (Å²) in [6, 6.07) is 26.0. The van der Waals surface area contributed by atoms with E-state index >= 15 is 0 Å². The molecule has 1 amide bonds.